The number of carboxylic acid groups (broad SMARTS) is 1. The van der Waals surface area contributed by atoms with Crippen molar-refractivity contribution in [3.63, 3.8) is 0 Å². The van der Waals surface area contributed by atoms with E-state index in [1.165, 1.54) is 0 Å². The molecule has 0 amide bonds. The van der Waals surface area contributed by atoms with Gasteiger partial charge in [-0.3, -0.25) is 9.69 Å². The summed E-state index contributed by atoms with van der Waals surface area (Å²) in [6.07, 6.45) is 1.85. The van der Waals surface area contributed by atoms with Gasteiger partial charge in [0.15, 0.2) is 0 Å². The molecule has 1 rings (SSSR count). The number of methoxy groups -OCH3 is 1. The van der Waals surface area contributed by atoms with Gasteiger partial charge in [0.2, 0.25) is 0 Å². The van der Waals surface area contributed by atoms with E-state index < -0.39 is 11.5 Å². The molecule has 0 spiro atoms. The van der Waals surface area contributed by atoms with Gasteiger partial charge in [-0.1, -0.05) is 0 Å². The Kier molecular flexibility index (Phi) is 4.29. The molecule has 3 N–H and O–H groups in total. The normalized spacial score (nSPS) is 21.8. The second kappa shape index (κ2) is 5.12. The summed E-state index contributed by atoms with van der Waals surface area (Å²) < 4.78 is 5.05. The molecule has 0 saturated heterocycles. The molecule has 0 aromatic rings. The lowest BCUT2D eigenvalue weighted by Crippen LogP contribution is -2.58. The van der Waals surface area contributed by atoms with Crippen LogP contribution in [0.1, 0.15) is 19.8 Å². The van der Waals surface area contributed by atoms with Crippen LogP contribution in [0.2, 0.25) is 0 Å². The zero-order valence-corrected chi connectivity index (χ0v) is 10.3. The summed E-state index contributed by atoms with van der Waals surface area (Å²) in [4.78, 5) is 13.2. The second-order valence-corrected chi connectivity index (χ2v) is 4.84. The summed E-state index contributed by atoms with van der Waals surface area (Å²) in [7, 11) is 3.52. The van der Waals surface area contributed by atoms with Gasteiger partial charge in [0.25, 0.3) is 0 Å². The first kappa shape index (κ1) is 13.4. The van der Waals surface area contributed by atoms with E-state index >= 15 is 0 Å². The van der Waals surface area contributed by atoms with Gasteiger partial charge in [-0.15, -0.1) is 0 Å². The number of carboxylic acids is 1. The minimum Gasteiger partial charge on any atom is -0.480 e. The highest BCUT2D eigenvalue weighted by atomic mass is 16.5. The summed E-state index contributed by atoms with van der Waals surface area (Å²) in [6.45, 7) is 2.95. The van der Waals surface area contributed by atoms with E-state index in [-0.39, 0.29) is 12.0 Å². The van der Waals surface area contributed by atoms with E-state index in [2.05, 4.69) is 0 Å². The molecule has 0 heterocycles. The van der Waals surface area contributed by atoms with E-state index in [1.807, 2.05) is 18.9 Å². The zero-order valence-electron chi connectivity index (χ0n) is 10.3. The summed E-state index contributed by atoms with van der Waals surface area (Å²) in [6, 6.07) is 0.172. The fourth-order valence-corrected chi connectivity index (χ4v) is 1.91. The molecule has 16 heavy (non-hydrogen) atoms. The molecule has 94 valence electrons. The van der Waals surface area contributed by atoms with Crippen LogP contribution in [0.5, 0.6) is 0 Å². The molecular formula is C11H22N2O3. The van der Waals surface area contributed by atoms with Crippen molar-refractivity contribution in [1.29, 1.82) is 0 Å². The maximum Gasteiger partial charge on any atom is 0.325 e. The Morgan fingerprint density at radius 1 is 1.69 bits per heavy atom. The first-order valence-corrected chi connectivity index (χ1v) is 5.63. The van der Waals surface area contributed by atoms with Gasteiger partial charge in [0, 0.05) is 19.7 Å². The van der Waals surface area contributed by atoms with Gasteiger partial charge >= 0.3 is 5.97 Å². The van der Waals surface area contributed by atoms with Crippen molar-refractivity contribution in [3.05, 3.63) is 0 Å². The smallest absolute Gasteiger partial charge is 0.325 e. The van der Waals surface area contributed by atoms with Crippen molar-refractivity contribution in [2.24, 2.45) is 11.7 Å². The molecule has 1 aliphatic carbocycles. The third-order valence-corrected chi connectivity index (χ3v) is 3.38. The molecule has 5 heteroatoms. The van der Waals surface area contributed by atoms with Gasteiger partial charge in [-0.2, -0.15) is 0 Å². The second-order valence-electron chi connectivity index (χ2n) is 4.84. The van der Waals surface area contributed by atoms with E-state index in [9.17, 15) is 9.90 Å². The van der Waals surface area contributed by atoms with Crippen LogP contribution >= 0.6 is 0 Å². The van der Waals surface area contributed by atoms with Crippen LogP contribution < -0.4 is 5.73 Å². The molecular weight excluding hydrogens is 208 g/mol. The molecule has 1 saturated carbocycles. The fraction of sp³-hybridized carbons (Fsp3) is 0.909. The van der Waals surface area contributed by atoms with E-state index in [4.69, 9.17) is 10.5 Å². The molecule has 2 atom stereocenters. The monoisotopic (exact) mass is 230 g/mol. The molecule has 0 aromatic heterocycles. The first-order valence-electron chi connectivity index (χ1n) is 5.63. The van der Waals surface area contributed by atoms with Gasteiger partial charge in [-0.25, -0.2) is 0 Å². The molecule has 0 radical (unpaired) electrons. The summed E-state index contributed by atoms with van der Waals surface area (Å²) in [5.41, 5.74) is 4.90. The minimum absolute atomic E-state index is 0.127. The van der Waals surface area contributed by atoms with Crippen molar-refractivity contribution in [3.8, 4) is 0 Å². The number of likely N-dealkylation sites (N-methyl/N-ethyl adjacent to an activating group) is 1. The number of nitrogens with zero attached hydrogens (tertiary/aromatic N) is 1. The largest absolute Gasteiger partial charge is 0.480 e. The van der Waals surface area contributed by atoms with Gasteiger partial charge < -0.3 is 15.6 Å². The molecule has 1 fully saturated rings. The maximum atomic E-state index is 11.2. The van der Waals surface area contributed by atoms with Gasteiger partial charge in [0.1, 0.15) is 5.54 Å². The maximum absolute atomic E-state index is 11.2. The lowest BCUT2D eigenvalue weighted by Gasteiger charge is -2.33. The molecule has 5 nitrogen and oxygen atoms in total. The zero-order chi connectivity index (χ0) is 12.3. The average Bonchev–Trinajstić information content (AvgIpc) is 3.00. The van der Waals surface area contributed by atoms with Crippen molar-refractivity contribution < 1.29 is 14.6 Å². The lowest BCUT2D eigenvalue weighted by atomic mass is 9.93. The number of ether oxygens (including phenoxy) is 1. The summed E-state index contributed by atoms with van der Waals surface area (Å²) >= 11 is 0. The highest BCUT2D eigenvalue weighted by molar-refractivity contribution is 5.79. The van der Waals surface area contributed by atoms with Crippen LogP contribution in [0.4, 0.5) is 0 Å². The summed E-state index contributed by atoms with van der Waals surface area (Å²) in [5.74, 6) is -0.770. The molecule has 0 bridgehead atoms. The van der Waals surface area contributed by atoms with E-state index in [0.717, 1.165) is 12.8 Å². The minimum atomic E-state index is -1.10. The topological polar surface area (TPSA) is 75.8 Å². The molecule has 0 aromatic carbocycles. The fourth-order valence-electron chi connectivity index (χ4n) is 1.91. The van der Waals surface area contributed by atoms with Crippen LogP contribution in [0.3, 0.4) is 0 Å². The van der Waals surface area contributed by atoms with Crippen molar-refractivity contribution >= 4 is 5.97 Å². The van der Waals surface area contributed by atoms with Crippen LogP contribution in [-0.2, 0) is 9.53 Å². The van der Waals surface area contributed by atoms with E-state index in [1.54, 1.807) is 7.11 Å². The van der Waals surface area contributed by atoms with Gasteiger partial charge in [-0.05, 0) is 32.7 Å². The molecule has 1 aliphatic rings. The Labute approximate surface area is 96.6 Å². The van der Waals surface area contributed by atoms with Crippen LogP contribution in [-0.4, -0.2) is 54.9 Å². The Morgan fingerprint density at radius 3 is 2.62 bits per heavy atom. The van der Waals surface area contributed by atoms with Gasteiger partial charge in [0.05, 0.1) is 6.61 Å². The predicted molar refractivity (Wildman–Crippen MR) is 61.2 cm³/mol. The SMILES string of the molecule is COCC(C)N(C)CC(N)(C(=O)O)C1CC1. The standard InChI is InChI=1S/C11H22N2O3/c1-8(6-16-3)13(2)7-11(12,10(14)15)9-4-5-9/h8-9H,4-7,12H2,1-3H3,(H,14,15). The van der Waals surface area contributed by atoms with E-state index in [0.29, 0.717) is 13.2 Å². The van der Waals surface area contributed by atoms with Crippen molar-refractivity contribution in [2.45, 2.75) is 31.3 Å². The number of hydrogen-bond acceptors (Lipinski definition) is 4. The lowest BCUT2D eigenvalue weighted by molar-refractivity contribution is -0.145. The first-order chi connectivity index (χ1) is 7.41. The molecule has 0 aliphatic heterocycles. The number of hydrogen-bond donors (Lipinski definition) is 2. The number of aliphatic carboxylic acids is 1. The molecule has 2 unspecified atom stereocenters. The van der Waals surface area contributed by atoms with Crippen molar-refractivity contribution in [2.75, 3.05) is 27.3 Å². The highest BCUT2D eigenvalue weighted by Gasteiger charge is 2.49. The van der Waals surface area contributed by atoms with Crippen LogP contribution in [0.25, 0.3) is 0 Å². The third kappa shape index (κ3) is 2.93. The Morgan fingerprint density at radius 2 is 2.25 bits per heavy atom. The third-order valence-electron chi connectivity index (χ3n) is 3.38. The highest BCUT2D eigenvalue weighted by Crippen LogP contribution is 2.39. The number of rotatable bonds is 7. The Balaban J connectivity index is 2.58. The van der Waals surface area contributed by atoms with Crippen molar-refractivity contribution in [1.82, 2.24) is 4.90 Å². The Bertz CT molecular complexity index is 256. The predicted octanol–water partition coefficient (Wildman–Crippen LogP) is 0.145. The number of carbonyl (C=O) groups is 1. The Hall–Kier alpha value is -0.650. The number of nitrogens with two attached hydrogens (primary N) is 1. The van der Waals surface area contributed by atoms with Crippen LogP contribution in [0.15, 0.2) is 0 Å². The van der Waals surface area contributed by atoms with Crippen LogP contribution in [0, 0.1) is 5.92 Å². The summed E-state index contributed by atoms with van der Waals surface area (Å²) in [5, 5.41) is 9.22. The average molecular weight is 230 g/mol. The quantitative estimate of drug-likeness (QED) is 0.651.